The molecule has 0 radical (unpaired) electrons. The summed E-state index contributed by atoms with van der Waals surface area (Å²) >= 11 is 0. The molecule has 3 aromatic heterocycles. The molecule has 0 aliphatic rings. The second-order valence-corrected chi connectivity index (χ2v) is 12.3. The maximum Gasteiger partial charge on any atom is 0.160 e. The van der Waals surface area contributed by atoms with E-state index in [2.05, 4.69) is 76.9 Å². The molecule has 6 aromatic rings. The molecule has 3 heterocycles. The fourth-order valence-electron chi connectivity index (χ4n) is 5.98. The van der Waals surface area contributed by atoms with Crippen LogP contribution in [-0.2, 0) is 12.5 Å². The van der Waals surface area contributed by atoms with E-state index in [4.69, 9.17) is 9.97 Å². The quantitative estimate of drug-likeness (QED) is 0.237. The maximum atomic E-state index is 10.9. The Labute approximate surface area is 247 Å². The monoisotopic (exact) mass is 552 g/mol. The number of rotatable bonds is 4. The van der Waals surface area contributed by atoms with Crippen molar-refractivity contribution in [3.8, 4) is 50.6 Å². The summed E-state index contributed by atoms with van der Waals surface area (Å²) in [7, 11) is 1.96. The van der Waals surface area contributed by atoms with Gasteiger partial charge >= 0.3 is 0 Å². The summed E-state index contributed by atoms with van der Waals surface area (Å²) in [6, 6.07) is 25.0. The smallest absolute Gasteiger partial charge is 0.160 e. The van der Waals surface area contributed by atoms with Crippen molar-refractivity contribution < 1.29 is 5.11 Å². The van der Waals surface area contributed by atoms with E-state index in [1.165, 1.54) is 22.3 Å². The van der Waals surface area contributed by atoms with Crippen LogP contribution in [0.1, 0.15) is 43.0 Å². The number of fused-ring (bicyclic) bond motifs is 1. The highest BCUT2D eigenvalue weighted by atomic mass is 16.3. The van der Waals surface area contributed by atoms with Gasteiger partial charge in [-0.05, 0) is 108 Å². The molecule has 0 bridgehead atoms. The van der Waals surface area contributed by atoms with E-state index >= 15 is 0 Å². The predicted octanol–water partition coefficient (Wildman–Crippen LogP) is 8.96. The summed E-state index contributed by atoms with van der Waals surface area (Å²) in [5.74, 6) is 0.882. The molecule has 0 saturated heterocycles. The zero-order chi connectivity index (χ0) is 29.8. The number of aromatic hydroxyl groups is 1. The van der Waals surface area contributed by atoms with Crippen molar-refractivity contribution >= 4 is 11.2 Å². The normalized spacial score (nSPS) is 11.8. The highest BCUT2D eigenvalue weighted by Gasteiger charge is 2.21. The van der Waals surface area contributed by atoms with Crippen LogP contribution < -0.4 is 0 Å². The minimum atomic E-state index is -0.0645. The van der Waals surface area contributed by atoms with Gasteiger partial charge in [-0.25, -0.2) is 9.97 Å². The van der Waals surface area contributed by atoms with Crippen LogP contribution in [0.5, 0.6) is 5.75 Å². The maximum absolute atomic E-state index is 10.9. The van der Waals surface area contributed by atoms with Crippen LogP contribution >= 0.6 is 0 Å². The van der Waals surface area contributed by atoms with Crippen LogP contribution in [0.4, 0.5) is 0 Å². The van der Waals surface area contributed by atoms with Gasteiger partial charge in [0.15, 0.2) is 5.65 Å². The number of aryl methyl sites for hydroxylation is 4. The lowest BCUT2D eigenvalue weighted by atomic mass is 9.86. The van der Waals surface area contributed by atoms with Crippen molar-refractivity contribution in [2.24, 2.45) is 7.05 Å². The topological polar surface area (TPSA) is 63.8 Å². The van der Waals surface area contributed by atoms with E-state index in [9.17, 15) is 5.11 Å². The lowest BCUT2D eigenvalue weighted by molar-refractivity contribution is 0.475. The van der Waals surface area contributed by atoms with E-state index in [-0.39, 0.29) is 11.2 Å². The first-order valence-electron chi connectivity index (χ1n) is 14.3. The van der Waals surface area contributed by atoms with Crippen molar-refractivity contribution in [3.05, 3.63) is 107 Å². The summed E-state index contributed by atoms with van der Waals surface area (Å²) in [5.41, 5.74) is 13.4. The van der Waals surface area contributed by atoms with E-state index in [0.29, 0.717) is 11.4 Å². The summed E-state index contributed by atoms with van der Waals surface area (Å²) < 4.78 is 1.97. The minimum absolute atomic E-state index is 0.0645. The fourth-order valence-corrected chi connectivity index (χ4v) is 5.98. The molecule has 0 amide bonds. The molecule has 1 N–H and O–H groups in total. The third-order valence-electron chi connectivity index (χ3n) is 8.03. The fraction of sp³-hybridized carbons (Fsp3) is 0.216. The second-order valence-electron chi connectivity index (χ2n) is 12.3. The van der Waals surface area contributed by atoms with Gasteiger partial charge in [0.2, 0.25) is 0 Å². The highest BCUT2D eigenvalue weighted by Crippen LogP contribution is 2.39. The van der Waals surface area contributed by atoms with E-state index < -0.39 is 0 Å². The highest BCUT2D eigenvalue weighted by molar-refractivity contribution is 5.95. The van der Waals surface area contributed by atoms with Crippen LogP contribution in [0, 0.1) is 20.8 Å². The summed E-state index contributed by atoms with van der Waals surface area (Å²) in [6.45, 7) is 13.0. The Bertz CT molecular complexity index is 1940. The molecular weight excluding hydrogens is 516 g/mol. The van der Waals surface area contributed by atoms with Crippen molar-refractivity contribution in [1.29, 1.82) is 0 Å². The molecule has 0 spiro atoms. The van der Waals surface area contributed by atoms with Crippen LogP contribution in [0.25, 0.3) is 56.1 Å². The first-order valence-corrected chi connectivity index (χ1v) is 14.3. The second kappa shape index (κ2) is 10.3. The Morgan fingerprint density at radius 2 is 1.43 bits per heavy atom. The summed E-state index contributed by atoms with van der Waals surface area (Å²) in [5, 5.41) is 10.9. The predicted molar refractivity (Wildman–Crippen MR) is 173 cm³/mol. The number of pyridine rings is 2. The third kappa shape index (κ3) is 4.85. The zero-order valence-corrected chi connectivity index (χ0v) is 25.3. The number of hydrogen-bond donors (Lipinski definition) is 1. The number of nitrogens with zero attached hydrogens (tertiary/aromatic N) is 4. The van der Waals surface area contributed by atoms with E-state index in [1.807, 2.05) is 60.4 Å². The van der Waals surface area contributed by atoms with Gasteiger partial charge in [0.25, 0.3) is 0 Å². The zero-order valence-electron chi connectivity index (χ0n) is 25.3. The van der Waals surface area contributed by atoms with Gasteiger partial charge in [-0.3, -0.25) is 4.98 Å². The van der Waals surface area contributed by atoms with Gasteiger partial charge in [0.1, 0.15) is 17.1 Å². The molecule has 42 heavy (non-hydrogen) atoms. The van der Waals surface area contributed by atoms with Crippen molar-refractivity contribution in [1.82, 2.24) is 19.5 Å². The van der Waals surface area contributed by atoms with Gasteiger partial charge in [-0.15, -0.1) is 0 Å². The first-order chi connectivity index (χ1) is 20.0. The Morgan fingerprint density at radius 1 is 0.714 bits per heavy atom. The van der Waals surface area contributed by atoms with Gasteiger partial charge in [0, 0.05) is 30.6 Å². The van der Waals surface area contributed by atoms with Crippen molar-refractivity contribution in [2.45, 2.75) is 47.0 Å². The molecule has 0 aliphatic carbocycles. The molecule has 3 aromatic carbocycles. The van der Waals surface area contributed by atoms with Crippen molar-refractivity contribution in [2.75, 3.05) is 0 Å². The van der Waals surface area contributed by atoms with Crippen LogP contribution in [0.15, 0.2) is 85.2 Å². The molecular formula is C37H36N4O. The number of hydrogen-bond acceptors (Lipinski definition) is 4. The molecule has 6 rings (SSSR count). The number of phenols is 1. The molecule has 5 heteroatoms. The molecule has 0 atom stereocenters. The summed E-state index contributed by atoms with van der Waals surface area (Å²) in [4.78, 5) is 14.5. The lowest BCUT2D eigenvalue weighted by Gasteiger charge is -2.20. The molecule has 210 valence electrons. The minimum Gasteiger partial charge on any atom is -0.507 e. The summed E-state index contributed by atoms with van der Waals surface area (Å²) in [6.07, 6.45) is 3.67. The number of aromatic nitrogens is 4. The molecule has 0 fully saturated rings. The number of benzene rings is 3. The Hall–Kier alpha value is -4.77. The van der Waals surface area contributed by atoms with Crippen LogP contribution in [0.2, 0.25) is 0 Å². The van der Waals surface area contributed by atoms with E-state index in [1.54, 1.807) is 6.07 Å². The van der Waals surface area contributed by atoms with Crippen LogP contribution in [0.3, 0.4) is 0 Å². The Morgan fingerprint density at radius 3 is 2.12 bits per heavy atom. The largest absolute Gasteiger partial charge is 0.507 e. The Balaban J connectivity index is 1.60. The van der Waals surface area contributed by atoms with Crippen molar-refractivity contribution in [3.63, 3.8) is 0 Å². The van der Waals surface area contributed by atoms with Crippen LogP contribution in [-0.4, -0.2) is 24.6 Å². The standard InChI is InChI=1S/C37H36N4O/c1-22-16-23(2)33(24(3)17-22)27-19-25(18-26(20-27)31-10-8-9-14-38-31)29-13-15-39-36-34(29)40-35(41(36)7)30-21-28(37(4,5)6)11-12-32(30)42/h8-21,42H,1-7H3. The average Bonchev–Trinajstić information content (AvgIpc) is 3.28. The average molecular weight is 553 g/mol. The lowest BCUT2D eigenvalue weighted by Crippen LogP contribution is -2.11. The van der Waals surface area contributed by atoms with Gasteiger partial charge in [-0.2, -0.15) is 0 Å². The van der Waals surface area contributed by atoms with Gasteiger partial charge in [0.05, 0.1) is 11.3 Å². The third-order valence-corrected chi connectivity index (χ3v) is 8.03. The number of imidazole rings is 1. The first kappa shape index (κ1) is 27.4. The Kier molecular flexibility index (Phi) is 6.69. The van der Waals surface area contributed by atoms with Gasteiger partial charge < -0.3 is 9.67 Å². The molecule has 0 unspecified atom stereocenters. The SMILES string of the molecule is Cc1cc(C)c(-c2cc(-c3ccccn3)cc(-c3ccnc4c3nc(-c3cc(C(C)(C)C)ccc3O)n4C)c2)c(C)c1. The molecule has 0 aliphatic heterocycles. The molecule has 5 nitrogen and oxygen atoms in total. The van der Waals surface area contributed by atoms with Gasteiger partial charge in [-0.1, -0.05) is 50.6 Å². The number of phenolic OH excluding ortho intramolecular Hbond substituents is 1. The van der Waals surface area contributed by atoms with E-state index in [0.717, 1.165) is 44.7 Å². The molecule has 0 saturated carbocycles.